The summed E-state index contributed by atoms with van der Waals surface area (Å²) >= 11 is 0. The van der Waals surface area contributed by atoms with Crippen LogP contribution in [0.5, 0.6) is 0 Å². The highest BCUT2D eigenvalue weighted by Crippen LogP contribution is 2.31. The van der Waals surface area contributed by atoms with E-state index in [1.54, 1.807) is 6.92 Å². The second-order valence-corrected chi connectivity index (χ2v) is 7.45. The van der Waals surface area contributed by atoms with Crippen LogP contribution < -0.4 is 5.73 Å². The molecule has 1 aliphatic heterocycles. The molecule has 1 unspecified atom stereocenters. The predicted molar refractivity (Wildman–Crippen MR) is 79.4 cm³/mol. The number of nitrogen functional groups attached to an aromatic ring is 1. The first-order valence-electron chi connectivity index (χ1n) is 6.78. The molecule has 116 valence electrons. The van der Waals surface area contributed by atoms with Gasteiger partial charge in [-0.05, 0) is 37.3 Å². The lowest BCUT2D eigenvalue weighted by atomic mass is 10.0. The summed E-state index contributed by atoms with van der Waals surface area (Å²) in [6, 6.07) is 2.41. The number of hydrogen-bond acceptors (Lipinski definition) is 5. The molecule has 2 N–H and O–H groups in total. The number of nitrogens with zero attached hydrogens (tertiary/aromatic N) is 2. The second kappa shape index (κ2) is 5.61. The quantitative estimate of drug-likeness (QED) is 0.521. The Hall–Kier alpha value is -1.67. The minimum atomic E-state index is -3.73. The van der Waals surface area contributed by atoms with Crippen molar-refractivity contribution in [1.82, 2.24) is 4.31 Å². The number of anilines is 1. The average molecular weight is 313 g/mol. The van der Waals surface area contributed by atoms with Gasteiger partial charge in [-0.3, -0.25) is 10.1 Å². The van der Waals surface area contributed by atoms with Crippen LogP contribution in [0.3, 0.4) is 0 Å². The topological polar surface area (TPSA) is 107 Å². The highest BCUT2D eigenvalue weighted by molar-refractivity contribution is 7.89. The van der Waals surface area contributed by atoms with Crippen molar-refractivity contribution in [3.05, 3.63) is 27.8 Å². The summed E-state index contributed by atoms with van der Waals surface area (Å²) in [7, 11) is -3.73. The van der Waals surface area contributed by atoms with Crippen LogP contribution in [0.1, 0.15) is 25.3 Å². The summed E-state index contributed by atoms with van der Waals surface area (Å²) in [5.74, 6) is 0.289. The Labute approximate surface area is 123 Å². The maximum atomic E-state index is 12.7. The van der Waals surface area contributed by atoms with E-state index in [1.165, 1.54) is 10.4 Å². The van der Waals surface area contributed by atoms with Crippen LogP contribution in [0.2, 0.25) is 0 Å². The number of benzene rings is 1. The lowest BCUT2D eigenvalue weighted by molar-refractivity contribution is -0.384. The summed E-state index contributed by atoms with van der Waals surface area (Å²) in [5.41, 5.74) is 5.62. The molecule has 1 atom stereocenters. The molecule has 0 amide bonds. The zero-order valence-corrected chi connectivity index (χ0v) is 12.9. The largest absolute Gasteiger partial charge is 0.393 e. The lowest BCUT2D eigenvalue weighted by Gasteiger charge is -2.30. The summed E-state index contributed by atoms with van der Waals surface area (Å²) < 4.78 is 26.8. The zero-order valence-electron chi connectivity index (χ0n) is 12.1. The smallest absolute Gasteiger partial charge is 0.293 e. The van der Waals surface area contributed by atoms with Gasteiger partial charge in [-0.25, -0.2) is 8.42 Å². The molecule has 0 aliphatic carbocycles. The van der Waals surface area contributed by atoms with E-state index in [9.17, 15) is 18.5 Å². The summed E-state index contributed by atoms with van der Waals surface area (Å²) in [6.07, 6.45) is 1.80. The number of nitrogens with two attached hydrogens (primary N) is 1. The van der Waals surface area contributed by atoms with Crippen LogP contribution in [0.4, 0.5) is 11.4 Å². The van der Waals surface area contributed by atoms with Crippen molar-refractivity contribution in [3.8, 4) is 0 Å². The van der Waals surface area contributed by atoms with Crippen molar-refractivity contribution >= 4 is 21.4 Å². The van der Waals surface area contributed by atoms with E-state index in [1.807, 2.05) is 6.92 Å². The molecular weight excluding hydrogens is 294 g/mol. The van der Waals surface area contributed by atoms with Crippen LogP contribution in [-0.4, -0.2) is 30.7 Å². The Morgan fingerprint density at radius 3 is 2.67 bits per heavy atom. The summed E-state index contributed by atoms with van der Waals surface area (Å²) in [5, 5.41) is 11.0. The molecule has 1 saturated heterocycles. The number of rotatable bonds is 3. The van der Waals surface area contributed by atoms with Crippen molar-refractivity contribution < 1.29 is 13.3 Å². The van der Waals surface area contributed by atoms with Crippen LogP contribution in [0.25, 0.3) is 0 Å². The third kappa shape index (κ3) is 3.01. The van der Waals surface area contributed by atoms with Crippen molar-refractivity contribution in [3.63, 3.8) is 0 Å². The standard InChI is InChI=1S/C13H19N3O4S/c1-9-4-3-5-15(8-9)21(19,20)13-7-12(16(17)18)11(14)6-10(13)2/h6-7,9H,3-5,8,14H2,1-2H3. The molecule has 7 nitrogen and oxygen atoms in total. The van der Waals surface area contributed by atoms with Crippen LogP contribution >= 0.6 is 0 Å². The van der Waals surface area contributed by atoms with E-state index in [4.69, 9.17) is 5.73 Å². The van der Waals surface area contributed by atoms with Gasteiger partial charge in [0.1, 0.15) is 5.69 Å². The number of nitro groups is 1. The minimum absolute atomic E-state index is 0.0246. The zero-order chi connectivity index (χ0) is 15.8. The Balaban J connectivity index is 2.49. The Morgan fingerprint density at radius 2 is 2.10 bits per heavy atom. The first kappa shape index (κ1) is 15.7. The van der Waals surface area contributed by atoms with E-state index in [0.29, 0.717) is 18.7 Å². The van der Waals surface area contributed by atoms with E-state index >= 15 is 0 Å². The van der Waals surface area contributed by atoms with Crippen molar-refractivity contribution in [2.75, 3.05) is 18.8 Å². The van der Waals surface area contributed by atoms with Crippen LogP contribution in [0.15, 0.2) is 17.0 Å². The third-order valence-electron chi connectivity index (χ3n) is 3.76. The van der Waals surface area contributed by atoms with E-state index in [2.05, 4.69) is 0 Å². The number of nitro benzene ring substituents is 1. The van der Waals surface area contributed by atoms with E-state index < -0.39 is 14.9 Å². The molecule has 0 radical (unpaired) electrons. The highest BCUT2D eigenvalue weighted by atomic mass is 32.2. The Bertz CT molecular complexity index is 672. The fourth-order valence-electron chi connectivity index (χ4n) is 2.64. The molecule has 0 bridgehead atoms. The average Bonchev–Trinajstić information content (AvgIpc) is 2.37. The van der Waals surface area contributed by atoms with Gasteiger partial charge in [0, 0.05) is 19.2 Å². The normalized spacial score (nSPS) is 20.4. The van der Waals surface area contributed by atoms with Gasteiger partial charge in [-0.2, -0.15) is 4.31 Å². The van der Waals surface area contributed by atoms with Crippen molar-refractivity contribution in [2.24, 2.45) is 5.92 Å². The first-order chi connectivity index (χ1) is 9.73. The molecule has 1 fully saturated rings. The van der Waals surface area contributed by atoms with Gasteiger partial charge in [0.2, 0.25) is 10.0 Å². The van der Waals surface area contributed by atoms with Gasteiger partial charge in [-0.1, -0.05) is 6.92 Å². The molecule has 8 heteroatoms. The SMILES string of the molecule is Cc1cc(N)c([N+](=O)[O-])cc1S(=O)(=O)N1CCCC(C)C1. The molecule has 1 aromatic carbocycles. The lowest BCUT2D eigenvalue weighted by Crippen LogP contribution is -2.39. The van der Waals surface area contributed by atoms with Crippen molar-refractivity contribution in [1.29, 1.82) is 0 Å². The number of hydrogen-bond donors (Lipinski definition) is 1. The predicted octanol–water partition coefficient (Wildman–Crippen LogP) is 1.91. The minimum Gasteiger partial charge on any atom is -0.393 e. The molecule has 0 spiro atoms. The van der Waals surface area contributed by atoms with Gasteiger partial charge < -0.3 is 5.73 Å². The van der Waals surface area contributed by atoms with Crippen LogP contribution in [0, 0.1) is 23.0 Å². The fraction of sp³-hybridized carbons (Fsp3) is 0.538. The van der Waals surface area contributed by atoms with Gasteiger partial charge in [0.05, 0.1) is 9.82 Å². The third-order valence-corrected chi connectivity index (χ3v) is 5.77. The van der Waals surface area contributed by atoms with Gasteiger partial charge in [0.15, 0.2) is 0 Å². The molecule has 2 rings (SSSR count). The van der Waals surface area contributed by atoms with E-state index in [0.717, 1.165) is 18.9 Å². The maximum Gasteiger partial charge on any atom is 0.293 e. The number of aryl methyl sites for hydroxylation is 1. The fourth-order valence-corrected chi connectivity index (χ4v) is 4.46. The summed E-state index contributed by atoms with van der Waals surface area (Å²) in [6.45, 7) is 4.49. The Morgan fingerprint density at radius 1 is 1.43 bits per heavy atom. The molecule has 1 aromatic rings. The summed E-state index contributed by atoms with van der Waals surface area (Å²) in [4.78, 5) is 10.3. The van der Waals surface area contributed by atoms with Gasteiger partial charge in [-0.15, -0.1) is 0 Å². The molecule has 21 heavy (non-hydrogen) atoms. The van der Waals surface area contributed by atoms with Crippen LogP contribution in [-0.2, 0) is 10.0 Å². The molecular formula is C13H19N3O4S. The molecule has 1 heterocycles. The van der Waals surface area contributed by atoms with E-state index in [-0.39, 0.29) is 22.2 Å². The molecule has 1 aliphatic rings. The number of sulfonamides is 1. The van der Waals surface area contributed by atoms with Gasteiger partial charge >= 0.3 is 0 Å². The van der Waals surface area contributed by atoms with Gasteiger partial charge in [0.25, 0.3) is 5.69 Å². The molecule has 0 saturated carbocycles. The first-order valence-corrected chi connectivity index (χ1v) is 8.22. The monoisotopic (exact) mass is 313 g/mol. The highest BCUT2D eigenvalue weighted by Gasteiger charge is 2.31. The second-order valence-electron chi connectivity index (χ2n) is 5.54. The Kier molecular flexibility index (Phi) is 4.20. The molecule has 0 aromatic heterocycles. The van der Waals surface area contributed by atoms with Crippen molar-refractivity contribution in [2.45, 2.75) is 31.6 Å². The maximum absolute atomic E-state index is 12.7. The number of piperidine rings is 1.